The van der Waals surface area contributed by atoms with Gasteiger partial charge < -0.3 is 4.90 Å². The first-order valence-corrected chi connectivity index (χ1v) is 13.2. The topological polar surface area (TPSA) is 70.8 Å². The Morgan fingerprint density at radius 1 is 0.972 bits per heavy atom. The summed E-state index contributed by atoms with van der Waals surface area (Å²) in [6, 6.07) is 14.8. The van der Waals surface area contributed by atoms with Crippen LogP contribution in [0, 0.1) is 11.8 Å². The smallest absolute Gasteiger partial charge is 0.256 e. The molecule has 2 aromatic carbocycles. The summed E-state index contributed by atoms with van der Waals surface area (Å²) in [5.74, 6) is 2.01. The molecule has 3 aromatic rings. The fraction of sp³-hybridized carbons (Fsp3) is 0.448. The minimum absolute atomic E-state index is 0.166. The molecule has 1 spiro atoms. The van der Waals surface area contributed by atoms with Gasteiger partial charge in [-0.3, -0.25) is 24.2 Å². The maximum atomic E-state index is 13.4. The molecule has 2 saturated carbocycles. The van der Waals surface area contributed by atoms with Gasteiger partial charge in [0.05, 0.1) is 11.7 Å². The second-order valence-electron chi connectivity index (χ2n) is 11.0. The van der Waals surface area contributed by atoms with Crippen molar-refractivity contribution >= 4 is 28.6 Å². The number of aryl methyl sites for hydroxylation is 1. The summed E-state index contributed by atoms with van der Waals surface area (Å²) in [7, 11) is 1.96. The van der Waals surface area contributed by atoms with Crippen molar-refractivity contribution in [3.05, 3.63) is 54.2 Å². The van der Waals surface area contributed by atoms with E-state index in [4.69, 9.17) is 4.99 Å². The van der Waals surface area contributed by atoms with Gasteiger partial charge in [0.2, 0.25) is 5.91 Å². The Morgan fingerprint density at radius 3 is 2.36 bits per heavy atom. The van der Waals surface area contributed by atoms with E-state index in [1.165, 1.54) is 0 Å². The average molecular weight is 482 g/mol. The lowest BCUT2D eigenvalue weighted by molar-refractivity contribution is -0.134. The molecule has 0 unspecified atom stereocenters. The molecule has 2 aliphatic carbocycles. The van der Waals surface area contributed by atoms with Gasteiger partial charge in [0.1, 0.15) is 11.4 Å². The van der Waals surface area contributed by atoms with Crippen LogP contribution in [0.15, 0.2) is 53.7 Å². The van der Waals surface area contributed by atoms with Crippen LogP contribution in [0.1, 0.15) is 44.1 Å². The number of fused-ring (bicyclic) bond motifs is 1. The minimum Gasteiger partial charge on any atom is -0.342 e. The molecule has 4 aliphatic rings. The summed E-state index contributed by atoms with van der Waals surface area (Å²) in [4.78, 5) is 34.8. The third kappa shape index (κ3) is 3.64. The number of amides is 2. The van der Waals surface area contributed by atoms with E-state index >= 15 is 0 Å². The van der Waals surface area contributed by atoms with Gasteiger partial charge in [0, 0.05) is 43.5 Å². The number of hydrogen-bond acceptors (Lipinski definition) is 4. The molecule has 0 atom stereocenters. The van der Waals surface area contributed by atoms with Gasteiger partial charge in [-0.15, -0.1) is 0 Å². The zero-order valence-corrected chi connectivity index (χ0v) is 20.7. The Labute approximate surface area is 210 Å². The van der Waals surface area contributed by atoms with Gasteiger partial charge in [-0.25, -0.2) is 0 Å². The van der Waals surface area contributed by atoms with E-state index in [0.717, 1.165) is 85.0 Å². The van der Waals surface area contributed by atoms with E-state index in [0.29, 0.717) is 18.4 Å². The summed E-state index contributed by atoms with van der Waals surface area (Å²) in [5, 5.41) is 5.48. The molecule has 1 aromatic heterocycles. The van der Waals surface area contributed by atoms with Gasteiger partial charge in [-0.2, -0.15) is 5.10 Å². The highest BCUT2D eigenvalue weighted by atomic mass is 16.2. The molecular formula is C29H31N5O2. The number of amidine groups is 1. The summed E-state index contributed by atoms with van der Waals surface area (Å²) >= 11 is 0. The van der Waals surface area contributed by atoms with E-state index in [2.05, 4.69) is 47.6 Å². The van der Waals surface area contributed by atoms with Crippen LogP contribution in [0.3, 0.4) is 0 Å². The standard InChI is InChI=1S/C29H31N5O2/c1-32-25-16-23(8-9-24(25)17-30-32)20-2-4-21(5-3-20)26-31-29(12-13-29)28(36)34(26)18-19-10-14-33(15-11-19)27(35)22-6-7-22/h2-5,8-9,16-17,19,22H,6-7,10-15,18H2,1H3. The van der Waals surface area contributed by atoms with Crippen molar-refractivity contribution in [2.24, 2.45) is 23.9 Å². The first-order chi connectivity index (χ1) is 17.5. The number of carbonyl (C=O) groups excluding carboxylic acids is 2. The monoisotopic (exact) mass is 481 g/mol. The first-order valence-electron chi connectivity index (χ1n) is 13.2. The van der Waals surface area contributed by atoms with E-state index in [1.807, 2.05) is 27.7 Å². The highest BCUT2D eigenvalue weighted by molar-refractivity contribution is 6.16. The number of likely N-dealkylation sites (tertiary alicyclic amines) is 1. The van der Waals surface area contributed by atoms with Crippen molar-refractivity contribution in [3.63, 3.8) is 0 Å². The van der Waals surface area contributed by atoms with Crippen molar-refractivity contribution in [3.8, 4) is 11.1 Å². The van der Waals surface area contributed by atoms with Crippen molar-refractivity contribution in [1.29, 1.82) is 0 Å². The summed E-state index contributed by atoms with van der Waals surface area (Å²) in [6.07, 6.45) is 7.61. The third-order valence-corrected chi connectivity index (χ3v) is 8.46. The maximum absolute atomic E-state index is 13.4. The lowest BCUT2D eigenvalue weighted by Gasteiger charge is -2.34. The van der Waals surface area contributed by atoms with Crippen LogP contribution in [0.4, 0.5) is 0 Å². The Morgan fingerprint density at radius 2 is 1.67 bits per heavy atom. The zero-order valence-electron chi connectivity index (χ0n) is 20.7. The zero-order chi connectivity index (χ0) is 24.4. The normalized spacial score (nSPS) is 21.5. The molecule has 0 N–H and O–H groups in total. The average Bonchev–Trinajstić information content (AvgIpc) is 3.84. The predicted octanol–water partition coefficient (Wildman–Crippen LogP) is 4.01. The van der Waals surface area contributed by atoms with Gasteiger partial charge in [-0.05, 0) is 61.6 Å². The fourth-order valence-corrected chi connectivity index (χ4v) is 5.81. The van der Waals surface area contributed by atoms with Gasteiger partial charge >= 0.3 is 0 Å². The first kappa shape index (κ1) is 21.8. The number of nitrogens with zero attached hydrogens (tertiary/aromatic N) is 5. The Kier molecular flexibility index (Phi) is 4.85. The quantitative estimate of drug-likeness (QED) is 0.553. The second-order valence-corrected chi connectivity index (χ2v) is 11.0. The summed E-state index contributed by atoms with van der Waals surface area (Å²) < 4.78 is 1.89. The van der Waals surface area contributed by atoms with Crippen LogP contribution in [0.2, 0.25) is 0 Å². The molecule has 1 saturated heterocycles. The van der Waals surface area contributed by atoms with E-state index in [1.54, 1.807) is 0 Å². The van der Waals surface area contributed by atoms with Crippen LogP contribution in [0.5, 0.6) is 0 Å². The van der Waals surface area contributed by atoms with Crippen molar-refractivity contribution in [2.75, 3.05) is 19.6 Å². The van der Waals surface area contributed by atoms with Crippen LogP contribution in [-0.4, -0.2) is 62.4 Å². The molecule has 7 heteroatoms. The number of hydrogen-bond donors (Lipinski definition) is 0. The van der Waals surface area contributed by atoms with E-state index in [9.17, 15) is 9.59 Å². The molecule has 184 valence electrons. The molecular weight excluding hydrogens is 450 g/mol. The maximum Gasteiger partial charge on any atom is 0.256 e. The highest BCUT2D eigenvalue weighted by Crippen LogP contribution is 2.46. The van der Waals surface area contributed by atoms with Crippen molar-refractivity contribution in [2.45, 2.75) is 44.1 Å². The lowest BCUT2D eigenvalue weighted by Crippen LogP contribution is -2.45. The molecule has 0 radical (unpaired) electrons. The Hall–Kier alpha value is -3.48. The molecule has 7 rings (SSSR count). The molecule has 3 fully saturated rings. The van der Waals surface area contributed by atoms with E-state index in [-0.39, 0.29) is 11.8 Å². The van der Waals surface area contributed by atoms with Gasteiger partial charge in [0.25, 0.3) is 5.91 Å². The fourth-order valence-electron chi connectivity index (χ4n) is 5.81. The van der Waals surface area contributed by atoms with Crippen LogP contribution in [0.25, 0.3) is 22.0 Å². The number of piperidine rings is 1. The molecule has 7 nitrogen and oxygen atoms in total. The van der Waals surface area contributed by atoms with Crippen LogP contribution < -0.4 is 0 Å². The Bertz CT molecular complexity index is 1390. The van der Waals surface area contributed by atoms with Gasteiger partial charge in [0.15, 0.2) is 0 Å². The number of aromatic nitrogens is 2. The van der Waals surface area contributed by atoms with Crippen LogP contribution in [-0.2, 0) is 16.6 Å². The highest BCUT2D eigenvalue weighted by Gasteiger charge is 2.57. The number of aliphatic imine (C=N–C) groups is 1. The third-order valence-electron chi connectivity index (χ3n) is 8.46. The van der Waals surface area contributed by atoms with Crippen LogP contribution >= 0.6 is 0 Å². The molecule has 0 bridgehead atoms. The predicted molar refractivity (Wildman–Crippen MR) is 138 cm³/mol. The summed E-state index contributed by atoms with van der Waals surface area (Å²) in [5.41, 5.74) is 3.87. The molecule has 36 heavy (non-hydrogen) atoms. The minimum atomic E-state index is -0.513. The second kappa shape index (κ2) is 8.02. The van der Waals surface area contributed by atoms with Gasteiger partial charge in [-0.1, -0.05) is 36.4 Å². The SMILES string of the molecule is Cn1ncc2ccc(-c3ccc(C4=NC5(CC5)C(=O)N4CC4CCN(C(=O)C5CC5)CC4)cc3)cc21. The molecule has 3 heterocycles. The summed E-state index contributed by atoms with van der Waals surface area (Å²) in [6.45, 7) is 2.33. The van der Waals surface area contributed by atoms with E-state index < -0.39 is 5.54 Å². The Balaban J connectivity index is 1.09. The van der Waals surface area contributed by atoms with Crippen molar-refractivity contribution < 1.29 is 9.59 Å². The number of rotatable bonds is 5. The lowest BCUT2D eigenvalue weighted by atomic mass is 9.95. The molecule has 2 aliphatic heterocycles. The number of carbonyl (C=O) groups is 2. The number of benzene rings is 2. The largest absolute Gasteiger partial charge is 0.342 e. The van der Waals surface area contributed by atoms with Crippen molar-refractivity contribution in [1.82, 2.24) is 19.6 Å². The molecule has 2 amide bonds.